The third-order valence-corrected chi connectivity index (χ3v) is 6.43. The van der Waals surface area contributed by atoms with Crippen LogP contribution in [0.5, 0.6) is 0 Å². The molecule has 8 heteroatoms. The van der Waals surface area contributed by atoms with Crippen LogP contribution in [0.15, 0.2) is 48.5 Å². The molecule has 1 fully saturated rings. The van der Waals surface area contributed by atoms with Crippen molar-refractivity contribution in [3.63, 3.8) is 0 Å². The van der Waals surface area contributed by atoms with Crippen molar-refractivity contribution >= 4 is 5.69 Å². The minimum absolute atomic E-state index is 0.00577. The molecule has 1 saturated heterocycles. The van der Waals surface area contributed by atoms with Crippen LogP contribution in [0.25, 0.3) is 0 Å². The Kier molecular flexibility index (Phi) is 7.05. The highest BCUT2D eigenvalue weighted by Gasteiger charge is 2.43. The van der Waals surface area contributed by atoms with Gasteiger partial charge in [0.25, 0.3) is 0 Å². The molecular formula is C24H29F3N2O3. The molecule has 2 aliphatic heterocycles. The van der Waals surface area contributed by atoms with Gasteiger partial charge in [-0.25, -0.2) is 0 Å². The highest BCUT2D eigenvalue weighted by molar-refractivity contribution is 5.58. The zero-order valence-electron chi connectivity index (χ0n) is 17.8. The molecule has 32 heavy (non-hydrogen) atoms. The summed E-state index contributed by atoms with van der Waals surface area (Å²) in [5.41, 5.74) is 1.61. The average molecular weight is 451 g/mol. The number of aliphatic hydroxyl groups is 2. The Morgan fingerprint density at radius 2 is 1.72 bits per heavy atom. The number of fused-ring (bicyclic) bond motifs is 3. The summed E-state index contributed by atoms with van der Waals surface area (Å²) in [7, 11) is 0. The molecule has 0 aromatic heterocycles. The highest BCUT2D eigenvalue weighted by Crippen LogP contribution is 2.51. The number of nitrogens with zero attached hydrogens (tertiary/aromatic N) is 1. The van der Waals surface area contributed by atoms with Crippen molar-refractivity contribution in [2.45, 2.75) is 37.3 Å². The Morgan fingerprint density at radius 3 is 2.38 bits per heavy atom. The van der Waals surface area contributed by atoms with E-state index < -0.39 is 17.8 Å². The number of benzene rings is 2. The second-order valence-corrected chi connectivity index (χ2v) is 8.50. The van der Waals surface area contributed by atoms with E-state index in [-0.39, 0.29) is 31.3 Å². The number of rotatable bonds is 7. The standard InChI is InChI=1S/C24H29F3N2O3/c25-24(26,27)17-6-9-21-20(14-17)23-19(22(28-21)16-4-2-1-3-5-16)8-7-18(32-23)15-29(10-12-30)11-13-31/h1-6,9,14,18-19,22-23,28,30-31H,7-8,10-13,15H2/t18-,19+,22+,23+/m1/s1. The Hall–Kier alpha value is -2.13. The first-order valence-electron chi connectivity index (χ1n) is 11.0. The number of hydrogen-bond donors (Lipinski definition) is 3. The molecule has 3 N–H and O–H groups in total. The van der Waals surface area contributed by atoms with Crippen molar-refractivity contribution in [1.29, 1.82) is 0 Å². The van der Waals surface area contributed by atoms with Gasteiger partial charge in [-0.3, -0.25) is 4.90 Å². The monoisotopic (exact) mass is 450 g/mol. The minimum atomic E-state index is -4.42. The van der Waals surface area contributed by atoms with Gasteiger partial charge in [0.2, 0.25) is 0 Å². The van der Waals surface area contributed by atoms with Crippen molar-refractivity contribution in [1.82, 2.24) is 4.90 Å². The van der Waals surface area contributed by atoms with Crippen molar-refractivity contribution in [2.75, 3.05) is 38.2 Å². The maximum absolute atomic E-state index is 13.4. The second kappa shape index (κ2) is 9.79. The summed E-state index contributed by atoms with van der Waals surface area (Å²) in [6, 6.07) is 13.7. The van der Waals surface area contributed by atoms with E-state index in [0.29, 0.717) is 30.9 Å². The van der Waals surface area contributed by atoms with Crippen LogP contribution in [0.3, 0.4) is 0 Å². The molecular weight excluding hydrogens is 421 g/mol. The van der Waals surface area contributed by atoms with E-state index in [4.69, 9.17) is 4.74 Å². The molecule has 5 nitrogen and oxygen atoms in total. The normalized spacial score (nSPS) is 25.2. The second-order valence-electron chi connectivity index (χ2n) is 8.50. The fourth-order valence-corrected chi connectivity index (χ4v) is 4.92. The summed E-state index contributed by atoms with van der Waals surface area (Å²) >= 11 is 0. The summed E-state index contributed by atoms with van der Waals surface area (Å²) in [5, 5.41) is 22.1. The molecule has 4 atom stereocenters. The van der Waals surface area contributed by atoms with Crippen LogP contribution in [-0.2, 0) is 10.9 Å². The lowest BCUT2D eigenvalue weighted by Crippen LogP contribution is -2.44. The Morgan fingerprint density at radius 1 is 1.00 bits per heavy atom. The number of halogens is 3. The van der Waals surface area contributed by atoms with E-state index in [1.165, 1.54) is 12.1 Å². The summed E-state index contributed by atoms with van der Waals surface area (Å²) in [6.45, 7) is 1.28. The molecule has 0 unspecified atom stereocenters. The van der Waals surface area contributed by atoms with Crippen molar-refractivity contribution in [3.05, 3.63) is 65.2 Å². The van der Waals surface area contributed by atoms with Gasteiger partial charge in [0.1, 0.15) is 0 Å². The third kappa shape index (κ3) is 4.93. The lowest BCUT2D eigenvalue weighted by atomic mass is 9.76. The number of hydrogen-bond acceptors (Lipinski definition) is 5. The van der Waals surface area contributed by atoms with Crippen LogP contribution < -0.4 is 5.32 Å². The molecule has 174 valence electrons. The van der Waals surface area contributed by atoms with Gasteiger partial charge >= 0.3 is 6.18 Å². The zero-order valence-corrected chi connectivity index (χ0v) is 17.8. The summed E-state index contributed by atoms with van der Waals surface area (Å²) in [6.07, 6.45) is -3.53. The molecule has 0 amide bonds. The molecule has 0 aliphatic carbocycles. The first kappa shape index (κ1) is 23.0. The number of nitrogens with one attached hydrogen (secondary N) is 1. The van der Waals surface area contributed by atoms with Crippen LogP contribution in [0.1, 0.15) is 41.7 Å². The van der Waals surface area contributed by atoms with Gasteiger partial charge in [-0.2, -0.15) is 13.2 Å². The van der Waals surface area contributed by atoms with Crippen LogP contribution in [0.2, 0.25) is 0 Å². The first-order valence-corrected chi connectivity index (χ1v) is 11.0. The first-order chi connectivity index (χ1) is 15.4. The molecule has 0 saturated carbocycles. The maximum atomic E-state index is 13.4. The largest absolute Gasteiger partial charge is 0.416 e. The number of ether oxygens (including phenoxy) is 1. The van der Waals surface area contributed by atoms with E-state index >= 15 is 0 Å². The topological polar surface area (TPSA) is 65.0 Å². The molecule has 0 radical (unpaired) electrons. The lowest BCUT2D eigenvalue weighted by Gasteiger charge is -2.46. The lowest BCUT2D eigenvalue weighted by molar-refractivity contribution is -0.138. The predicted molar refractivity (Wildman–Crippen MR) is 115 cm³/mol. The Balaban J connectivity index is 1.65. The third-order valence-electron chi connectivity index (χ3n) is 6.43. The molecule has 2 aromatic rings. The summed E-state index contributed by atoms with van der Waals surface area (Å²) in [4.78, 5) is 1.92. The summed E-state index contributed by atoms with van der Waals surface area (Å²) in [5.74, 6) is -0.00577. The van der Waals surface area contributed by atoms with Gasteiger partial charge in [0, 0.05) is 36.8 Å². The van der Waals surface area contributed by atoms with E-state index in [0.717, 1.165) is 24.5 Å². The van der Waals surface area contributed by atoms with Crippen LogP contribution in [-0.4, -0.2) is 54.1 Å². The Labute approximate surface area is 185 Å². The quantitative estimate of drug-likeness (QED) is 0.595. The van der Waals surface area contributed by atoms with Gasteiger partial charge in [-0.05, 0) is 36.6 Å². The van der Waals surface area contributed by atoms with Gasteiger partial charge in [-0.1, -0.05) is 30.3 Å². The molecule has 2 aliphatic rings. The number of alkyl halides is 3. The molecule has 2 heterocycles. The maximum Gasteiger partial charge on any atom is 0.416 e. The fraction of sp³-hybridized carbons (Fsp3) is 0.500. The molecule has 0 bridgehead atoms. The van der Waals surface area contributed by atoms with Crippen molar-refractivity contribution in [3.8, 4) is 0 Å². The van der Waals surface area contributed by atoms with Crippen molar-refractivity contribution in [2.24, 2.45) is 5.92 Å². The highest BCUT2D eigenvalue weighted by atomic mass is 19.4. The predicted octanol–water partition coefficient (Wildman–Crippen LogP) is 4.00. The zero-order chi connectivity index (χ0) is 22.7. The Bertz CT molecular complexity index is 888. The van der Waals surface area contributed by atoms with Gasteiger partial charge in [0.15, 0.2) is 0 Å². The van der Waals surface area contributed by atoms with Gasteiger partial charge in [0.05, 0.1) is 37.0 Å². The molecule has 0 spiro atoms. The fourth-order valence-electron chi connectivity index (χ4n) is 4.92. The SMILES string of the molecule is OCCN(CCO)C[C@H]1CC[C@@H]2[C@H](O1)c1cc(C(F)(F)F)ccc1N[C@H]2c1ccccc1. The average Bonchev–Trinajstić information content (AvgIpc) is 2.78. The number of anilines is 1. The van der Waals surface area contributed by atoms with E-state index in [1.54, 1.807) is 0 Å². The van der Waals surface area contributed by atoms with Gasteiger partial charge in [-0.15, -0.1) is 0 Å². The smallest absolute Gasteiger partial charge is 0.395 e. The van der Waals surface area contributed by atoms with Crippen LogP contribution >= 0.6 is 0 Å². The summed E-state index contributed by atoms with van der Waals surface area (Å²) < 4.78 is 46.7. The van der Waals surface area contributed by atoms with E-state index in [9.17, 15) is 23.4 Å². The molecule has 4 rings (SSSR count). The van der Waals surface area contributed by atoms with Crippen molar-refractivity contribution < 1.29 is 28.1 Å². The molecule has 2 aromatic carbocycles. The minimum Gasteiger partial charge on any atom is -0.395 e. The number of aliphatic hydroxyl groups excluding tert-OH is 2. The van der Waals surface area contributed by atoms with Crippen LogP contribution in [0, 0.1) is 5.92 Å². The van der Waals surface area contributed by atoms with E-state index in [2.05, 4.69) is 5.32 Å². The van der Waals surface area contributed by atoms with Crippen LogP contribution in [0.4, 0.5) is 18.9 Å². The van der Waals surface area contributed by atoms with E-state index in [1.807, 2.05) is 35.2 Å². The van der Waals surface area contributed by atoms with Gasteiger partial charge < -0.3 is 20.3 Å².